The molecule has 2 aromatic carbocycles. The molecule has 6 heteroatoms. The number of hydrogen-bond donors (Lipinski definition) is 1. The third kappa shape index (κ3) is 2.81. The Balaban J connectivity index is 1.92. The first kappa shape index (κ1) is 15.6. The molecule has 0 aliphatic carbocycles. The Kier molecular flexibility index (Phi) is 4.20. The van der Waals surface area contributed by atoms with Crippen LogP contribution in [0, 0.1) is 0 Å². The molecular weight excluding hydrogens is 308 g/mol. The Morgan fingerprint density at radius 3 is 2.33 bits per heavy atom. The van der Waals surface area contributed by atoms with Gasteiger partial charge in [-0.15, -0.1) is 0 Å². The Bertz CT molecular complexity index is 815. The number of imide groups is 1. The molecule has 0 radical (unpaired) electrons. The summed E-state index contributed by atoms with van der Waals surface area (Å²) in [6, 6.07) is 13.5. The lowest BCUT2D eigenvalue weighted by Crippen LogP contribution is -2.30. The monoisotopic (exact) mass is 324 g/mol. The van der Waals surface area contributed by atoms with E-state index in [1.54, 1.807) is 55.7 Å². The Morgan fingerprint density at radius 2 is 1.67 bits per heavy atom. The van der Waals surface area contributed by atoms with Gasteiger partial charge in [-0.05, 0) is 35.9 Å². The highest BCUT2D eigenvalue weighted by molar-refractivity contribution is 6.28. The van der Waals surface area contributed by atoms with Gasteiger partial charge in [-0.25, -0.2) is 9.69 Å². The van der Waals surface area contributed by atoms with Gasteiger partial charge < -0.3 is 14.8 Å². The van der Waals surface area contributed by atoms with Crippen LogP contribution < -0.4 is 19.7 Å². The van der Waals surface area contributed by atoms with Gasteiger partial charge in [0, 0.05) is 0 Å². The summed E-state index contributed by atoms with van der Waals surface area (Å²) in [6.45, 7) is 0. The quantitative estimate of drug-likeness (QED) is 0.694. The molecule has 0 unspecified atom stereocenters. The molecule has 1 N–H and O–H groups in total. The van der Waals surface area contributed by atoms with Gasteiger partial charge >= 0.3 is 6.03 Å². The maximum atomic E-state index is 12.5. The number of anilines is 1. The number of carbonyl (C=O) groups excluding carboxylic acids is 2. The zero-order valence-electron chi connectivity index (χ0n) is 13.3. The van der Waals surface area contributed by atoms with E-state index in [1.165, 1.54) is 7.11 Å². The molecule has 1 fully saturated rings. The summed E-state index contributed by atoms with van der Waals surface area (Å²) in [4.78, 5) is 25.7. The highest BCUT2D eigenvalue weighted by Crippen LogP contribution is 2.29. The van der Waals surface area contributed by atoms with Crippen molar-refractivity contribution >= 4 is 23.7 Å². The number of urea groups is 1. The molecule has 6 nitrogen and oxygen atoms in total. The smallest absolute Gasteiger partial charge is 0.333 e. The third-order valence-electron chi connectivity index (χ3n) is 3.61. The lowest BCUT2D eigenvalue weighted by molar-refractivity contribution is -0.113. The lowest BCUT2D eigenvalue weighted by Gasteiger charge is -2.11. The number of benzene rings is 2. The molecule has 3 rings (SSSR count). The van der Waals surface area contributed by atoms with E-state index in [-0.39, 0.29) is 5.70 Å². The second-order valence-corrected chi connectivity index (χ2v) is 5.08. The van der Waals surface area contributed by atoms with E-state index in [0.717, 1.165) is 4.90 Å². The van der Waals surface area contributed by atoms with Crippen molar-refractivity contribution in [2.75, 3.05) is 19.1 Å². The van der Waals surface area contributed by atoms with Crippen LogP contribution in [0.2, 0.25) is 0 Å². The average molecular weight is 324 g/mol. The van der Waals surface area contributed by atoms with Crippen LogP contribution in [-0.2, 0) is 4.79 Å². The van der Waals surface area contributed by atoms with Gasteiger partial charge in [0.1, 0.15) is 5.70 Å². The zero-order valence-corrected chi connectivity index (χ0v) is 13.3. The number of methoxy groups -OCH3 is 2. The summed E-state index contributed by atoms with van der Waals surface area (Å²) in [5, 5.41) is 2.59. The molecule has 3 amide bonds. The van der Waals surface area contributed by atoms with Crippen LogP contribution in [-0.4, -0.2) is 26.2 Å². The van der Waals surface area contributed by atoms with Gasteiger partial charge in [0.15, 0.2) is 11.5 Å². The van der Waals surface area contributed by atoms with E-state index in [0.29, 0.717) is 22.7 Å². The number of ether oxygens (including phenoxy) is 2. The summed E-state index contributed by atoms with van der Waals surface area (Å²) in [5.41, 5.74) is 1.44. The normalized spacial score (nSPS) is 15.6. The van der Waals surface area contributed by atoms with Crippen molar-refractivity contribution in [2.24, 2.45) is 0 Å². The second kappa shape index (κ2) is 6.45. The topological polar surface area (TPSA) is 67.9 Å². The molecule has 1 aliphatic heterocycles. The Morgan fingerprint density at radius 1 is 0.958 bits per heavy atom. The van der Waals surface area contributed by atoms with Crippen LogP contribution in [0.1, 0.15) is 5.56 Å². The summed E-state index contributed by atoms with van der Waals surface area (Å²) in [6.07, 6.45) is 1.60. The standard InChI is InChI=1S/C18H16N2O4/c1-23-15-9-8-12(11-16(15)24-2)10-14-17(21)20(18(22)19-14)13-6-4-3-5-7-13/h3-11H,1-2H3,(H,19,22)/b14-10+. The first-order valence-corrected chi connectivity index (χ1v) is 7.28. The fraction of sp³-hybridized carbons (Fsp3) is 0.111. The van der Waals surface area contributed by atoms with Crippen LogP contribution in [0.15, 0.2) is 54.2 Å². The minimum atomic E-state index is -0.474. The molecule has 1 heterocycles. The number of carbonyl (C=O) groups is 2. The number of amides is 3. The molecule has 24 heavy (non-hydrogen) atoms. The fourth-order valence-electron chi connectivity index (χ4n) is 2.46. The molecular formula is C18H16N2O4. The van der Waals surface area contributed by atoms with Crippen molar-refractivity contribution in [3.63, 3.8) is 0 Å². The van der Waals surface area contributed by atoms with Crippen molar-refractivity contribution in [1.29, 1.82) is 0 Å². The van der Waals surface area contributed by atoms with Crippen molar-refractivity contribution in [3.8, 4) is 11.5 Å². The number of nitrogens with zero attached hydrogens (tertiary/aromatic N) is 1. The van der Waals surface area contributed by atoms with Gasteiger partial charge in [0.25, 0.3) is 5.91 Å². The van der Waals surface area contributed by atoms with Crippen LogP contribution in [0.3, 0.4) is 0 Å². The molecule has 0 spiro atoms. The first-order chi connectivity index (χ1) is 11.6. The van der Waals surface area contributed by atoms with Crippen molar-refractivity contribution in [1.82, 2.24) is 5.32 Å². The van der Waals surface area contributed by atoms with Crippen molar-refractivity contribution < 1.29 is 19.1 Å². The predicted molar refractivity (Wildman–Crippen MR) is 90.0 cm³/mol. The Hall–Kier alpha value is -3.28. The van der Waals surface area contributed by atoms with Crippen LogP contribution >= 0.6 is 0 Å². The van der Waals surface area contributed by atoms with Crippen molar-refractivity contribution in [3.05, 3.63) is 59.8 Å². The minimum absolute atomic E-state index is 0.205. The van der Waals surface area contributed by atoms with Crippen LogP contribution in [0.25, 0.3) is 6.08 Å². The summed E-state index contributed by atoms with van der Waals surface area (Å²) in [7, 11) is 3.09. The molecule has 2 aromatic rings. The first-order valence-electron chi connectivity index (χ1n) is 7.28. The van der Waals surface area contributed by atoms with E-state index in [4.69, 9.17) is 9.47 Å². The van der Waals surface area contributed by atoms with E-state index in [9.17, 15) is 9.59 Å². The molecule has 0 saturated carbocycles. The lowest BCUT2D eigenvalue weighted by atomic mass is 10.1. The predicted octanol–water partition coefficient (Wildman–Crippen LogP) is 2.80. The molecule has 0 bridgehead atoms. The molecule has 1 aliphatic rings. The summed E-state index contributed by atoms with van der Waals surface area (Å²) in [5.74, 6) is 0.733. The maximum Gasteiger partial charge on any atom is 0.333 e. The average Bonchev–Trinajstić information content (AvgIpc) is 2.89. The fourth-order valence-corrected chi connectivity index (χ4v) is 2.46. The van der Waals surface area contributed by atoms with E-state index < -0.39 is 11.9 Å². The second-order valence-electron chi connectivity index (χ2n) is 5.08. The highest BCUT2D eigenvalue weighted by Gasteiger charge is 2.34. The molecule has 122 valence electrons. The van der Waals surface area contributed by atoms with Crippen LogP contribution in [0.4, 0.5) is 10.5 Å². The third-order valence-corrected chi connectivity index (χ3v) is 3.61. The number of hydrogen-bond acceptors (Lipinski definition) is 4. The highest BCUT2D eigenvalue weighted by atomic mass is 16.5. The maximum absolute atomic E-state index is 12.5. The number of rotatable bonds is 4. The largest absolute Gasteiger partial charge is 0.493 e. The Labute approximate surface area is 139 Å². The minimum Gasteiger partial charge on any atom is -0.493 e. The van der Waals surface area contributed by atoms with Gasteiger partial charge in [0.2, 0.25) is 0 Å². The van der Waals surface area contributed by atoms with Gasteiger partial charge in [-0.1, -0.05) is 24.3 Å². The SMILES string of the molecule is COc1ccc(/C=C2/NC(=O)N(c3ccccc3)C2=O)cc1OC. The summed E-state index contributed by atoms with van der Waals surface area (Å²) < 4.78 is 10.4. The van der Waals surface area contributed by atoms with E-state index in [2.05, 4.69) is 5.32 Å². The molecule has 0 aromatic heterocycles. The van der Waals surface area contributed by atoms with Crippen molar-refractivity contribution in [2.45, 2.75) is 0 Å². The molecule has 0 atom stereocenters. The summed E-state index contributed by atoms with van der Waals surface area (Å²) >= 11 is 0. The van der Waals surface area contributed by atoms with E-state index >= 15 is 0 Å². The van der Waals surface area contributed by atoms with Gasteiger partial charge in [-0.2, -0.15) is 0 Å². The molecule has 1 saturated heterocycles. The van der Waals surface area contributed by atoms with Gasteiger partial charge in [0.05, 0.1) is 19.9 Å². The van der Waals surface area contributed by atoms with E-state index in [1.807, 2.05) is 6.07 Å². The zero-order chi connectivity index (χ0) is 17.1. The van der Waals surface area contributed by atoms with Gasteiger partial charge in [-0.3, -0.25) is 4.79 Å². The number of para-hydroxylation sites is 1. The number of nitrogens with one attached hydrogen (secondary N) is 1. The van der Waals surface area contributed by atoms with Crippen LogP contribution in [0.5, 0.6) is 11.5 Å².